The van der Waals surface area contributed by atoms with Crippen LogP contribution in [0.15, 0.2) is 18.2 Å². The molecular weight excluding hydrogens is 350 g/mol. The van der Waals surface area contributed by atoms with Crippen molar-refractivity contribution in [2.75, 3.05) is 27.4 Å². The summed E-state index contributed by atoms with van der Waals surface area (Å²) in [6.07, 6.45) is 7.28. The molecule has 0 radical (unpaired) electrons. The Morgan fingerprint density at radius 3 is 2.54 bits per heavy atom. The minimum Gasteiger partial charge on any atom is -0.493 e. The van der Waals surface area contributed by atoms with Gasteiger partial charge < -0.3 is 19.5 Å². The fourth-order valence-electron chi connectivity index (χ4n) is 4.40. The number of hydrogen-bond donors (Lipinski definition) is 1. The zero-order chi connectivity index (χ0) is 20.6. The molecule has 1 saturated heterocycles. The summed E-state index contributed by atoms with van der Waals surface area (Å²) < 4.78 is 16.9. The maximum absolute atomic E-state index is 6.15. The van der Waals surface area contributed by atoms with E-state index >= 15 is 0 Å². The minimum absolute atomic E-state index is 0.0403. The maximum Gasteiger partial charge on any atom is 0.161 e. The molecule has 0 unspecified atom stereocenters. The molecule has 1 fully saturated rings. The molecule has 0 saturated carbocycles. The van der Waals surface area contributed by atoms with Crippen molar-refractivity contribution in [3.8, 4) is 11.5 Å². The summed E-state index contributed by atoms with van der Waals surface area (Å²) in [5.74, 6) is 2.32. The van der Waals surface area contributed by atoms with Crippen LogP contribution in [-0.4, -0.2) is 33.0 Å². The van der Waals surface area contributed by atoms with Crippen molar-refractivity contribution in [1.82, 2.24) is 5.32 Å². The van der Waals surface area contributed by atoms with Crippen molar-refractivity contribution in [2.45, 2.75) is 78.4 Å². The van der Waals surface area contributed by atoms with Crippen LogP contribution < -0.4 is 14.8 Å². The van der Waals surface area contributed by atoms with E-state index < -0.39 is 0 Å². The van der Waals surface area contributed by atoms with Crippen LogP contribution in [0.3, 0.4) is 0 Å². The smallest absolute Gasteiger partial charge is 0.161 e. The second kappa shape index (κ2) is 10.5. The molecule has 28 heavy (non-hydrogen) atoms. The van der Waals surface area contributed by atoms with Gasteiger partial charge in [0, 0.05) is 13.2 Å². The maximum atomic E-state index is 6.15. The first-order valence-electron chi connectivity index (χ1n) is 10.9. The van der Waals surface area contributed by atoms with Crippen molar-refractivity contribution in [2.24, 2.45) is 11.3 Å². The van der Waals surface area contributed by atoms with Crippen LogP contribution >= 0.6 is 0 Å². The van der Waals surface area contributed by atoms with Crippen molar-refractivity contribution in [3.63, 3.8) is 0 Å². The lowest BCUT2D eigenvalue weighted by Gasteiger charge is -2.47. The van der Waals surface area contributed by atoms with Gasteiger partial charge in [-0.2, -0.15) is 0 Å². The molecule has 2 atom stereocenters. The molecular formula is C24H41NO3. The van der Waals surface area contributed by atoms with Gasteiger partial charge in [-0.25, -0.2) is 0 Å². The first-order valence-corrected chi connectivity index (χ1v) is 10.9. The zero-order valence-electron chi connectivity index (χ0n) is 18.9. The number of methoxy groups -OCH3 is 2. The Kier molecular flexibility index (Phi) is 8.63. The van der Waals surface area contributed by atoms with Crippen LogP contribution in [0.25, 0.3) is 0 Å². The first kappa shape index (κ1) is 23.0. The Labute approximate surface area is 172 Å². The number of rotatable bonds is 11. The molecule has 0 amide bonds. The Morgan fingerprint density at radius 1 is 1.14 bits per heavy atom. The molecule has 1 aromatic carbocycles. The number of benzene rings is 1. The molecule has 1 N–H and O–H groups in total. The molecule has 1 heterocycles. The van der Waals surface area contributed by atoms with Gasteiger partial charge in [0.15, 0.2) is 11.5 Å². The SMILES string of the molecule is CC[C@]1(C)C[C@](CCNCc2ccc(OC)c(OC)c2)(CCC(C)C)CCO1. The third-order valence-electron chi connectivity index (χ3n) is 6.44. The highest BCUT2D eigenvalue weighted by Crippen LogP contribution is 2.46. The van der Waals surface area contributed by atoms with Gasteiger partial charge in [-0.3, -0.25) is 0 Å². The molecule has 1 aromatic rings. The fourth-order valence-corrected chi connectivity index (χ4v) is 4.40. The second-order valence-electron chi connectivity index (χ2n) is 9.13. The highest BCUT2D eigenvalue weighted by atomic mass is 16.5. The van der Waals surface area contributed by atoms with Gasteiger partial charge in [0.1, 0.15) is 0 Å². The van der Waals surface area contributed by atoms with E-state index in [0.29, 0.717) is 5.41 Å². The van der Waals surface area contributed by atoms with Crippen LogP contribution in [0.1, 0.15) is 71.8 Å². The fraction of sp³-hybridized carbons (Fsp3) is 0.750. The van der Waals surface area contributed by atoms with Crippen molar-refractivity contribution >= 4 is 0 Å². The normalized spacial score (nSPS) is 25.1. The van der Waals surface area contributed by atoms with Crippen molar-refractivity contribution in [1.29, 1.82) is 0 Å². The van der Waals surface area contributed by atoms with Gasteiger partial charge in [0.25, 0.3) is 0 Å². The summed E-state index contributed by atoms with van der Waals surface area (Å²) in [6.45, 7) is 12.0. The largest absolute Gasteiger partial charge is 0.493 e. The number of nitrogens with one attached hydrogen (secondary N) is 1. The molecule has 160 valence electrons. The predicted octanol–water partition coefficient (Wildman–Crippen LogP) is 5.59. The standard InChI is InChI=1S/C24H41NO3/c1-7-23(4)18-24(13-15-28-23,11-10-19(2)3)12-14-25-17-20-8-9-21(26-5)22(16-20)27-6/h8-9,16,19,25H,7,10-15,17-18H2,1-6H3/t23-,24+/m1/s1. The zero-order valence-corrected chi connectivity index (χ0v) is 18.9. The monoisotopic (exact) mass is 391 g/mol. The lowest BCUT2D eigenvalue weighted by molar-refractivity contribution is -0.122. The Hall–Kier alpha value is -1.26. The molecule has 0 aliphatic carbocycles. The third kappa shape index (κ3) is 6.38. The molecule has 1 aliphatic heterocycles. The van der Waals surface area contributed by atoms with E-state index in [4.69, 9.17) is 14.2 Å². The van der Waals surface area contributed by atoms with Gasteiger partial charge in [-0.05, 0) is 74.6 Å². The predicted molar refractivity (Wildman–Crippen MR) is 116 cm³/mol. The second-order valence-corrected chi connectivity index (χ2v) is 9.13. The molecule has 0 aromatic heterocycles. The highest BCUT2D eigenvalue weighted by molar-refractivity contribution is 5.42. The van der Waals surface area contributed by atoms with Crippen molar-refractivity contribution in [3.05, 3.63) is 23.8 Å². The average molecular weight is 392 g/mol. The van der Waals surface area contributed by atoms with Gasteiger partial charge >= 0.3 is 0 Å². The van der Waals surface area contributed by atoms with E-state index in [1.54, 1.807) is 14.2 Å². The van der Waals surface area contributed by atoms with Gasteiger partial charge in [-0.1, -0.05) is 33.3 Å². The molecule has 0 bridgehead atoms. The van der Waals surface area contributed by atoms with Gasteiger partial charge in [0.2, 0.25) is 0 Å². The van der Waals surface area contributed by atoms with Crippen LogP contribution in [0.5, 0.6) is 11.5 Å². The van der Waals surface area contributed by atoms with Crippen molar-refractivity contribution < 1.29 is 14.2 Å². The highest BCUT2D eigenvalue weighted by Gasteiger charge is 2.41. The van der Waals surface area contributed by atoms with Crippen LogP contribution in [0.4, 0.5) is 0 Å². The first-order chi connectivity index (χ1) is 13.4. The molecule has 1 aliphatic rings. The topological polar surface area (TPSA) is 39.7 Å². The lowest BCUT2D eigenvalue weighted by Crippen LogP contribution is -2.44. The van der Waals surface area contributed by atoms with E-state index in [1.807, 2.05) is 6.07 Å². The van der Waals surface area contributed by atoms with Crippen LogP contribution in [-0.2, 0) is 11.3 Å². The minimum atomic E-state index is 0.0403. The number of hydrogen-bond acceptors (Lipinski definition) is 4. The molecule has 2 rings (SSSR count). The third-order valence-corrected chi connectivity index (χ3v) is 6.44. The van der Waals surface area contributed by atoms with Gasteiger partial charge in [0.05, 0.1) is 19.8 Å². The lowest BCUT2D eigenvalue weighted by atomic mass is 9.67. The summed E-state index contributed by atoms with van der Waals surface area (Å²) in [5, 5.41) is 3.66. The summed E-state index contributed by atoms with van der Waals surface area (Å²) in [4.78, 5) is 0. The van der Waals surface area contributed by atoms with E-state index in [0.717, 1.165) is 43.5 Å². The average Bonchev–Trinajstić information content (AvgIpc) is 2.69. The molecule has 4 heteroatoms. The molecule has 4 nitrogen and oxygen atoms in total. The van der Waals surface area contributed by atoms with E-state index in [9.17, 15) is 0 Å². The summed E-state index contributed by atoms with van der Waals surface area (Å²) in [7, 11) is 3.35. The van der Waals surface area contributed by atoms with E-state index in [-0.39, 0.29) is 5.60 Å². The van der Waals surface area contributed by atoms with E-state index in [2.05, 4.69) is 45.1 Å². The Bertz CT molecular complexity index is 604. The summed E-state index contributed by atoms with van der Waals surface area (Å²) in [6, 6.07) is 6.14. The Balaban J connectivity index is 1.94. The molecule has 0 spiro atoms. The quantitative estimate of drug-likeness (QED) is 0.500. The van der Waals surface area contributed by atoms with E-state index in [1.165, 1.54) is 37.7 Å². The summed E-state index contributed by atoms with van der Waals surface area (Å²) in [5.41, 5.74) is 1.66. The Morgan fingerprint density at radius 2 is 1.89 bits per heavy atom. The summed E-state index contributed by atoms with van der Waals surface area (Å²) >= 11 is 0. The van der Waals surface area contributed by atoms with Crippen LogP contribution in [0.2, 0.25) is 0 Å². The number of ether oxygens (including phenoxy) is 3. The van der Waals surface area contributed by atoms with Crippen LogP contribution in [0, 0.1) is 11.3 Å². The van der Waals surface area contributed by atoms with Gasteiger partial charge in [-0.15, -0.1) is 0 Å².